The van der Waals surface area contributed by atoms with Crippen LogP contribution >= 0.6 is 12.2 Å². The Kier molecular flexibility index (Phi) is 8.63. The lowest BCUT2D eigenvalue weighted by atomic mass is 9.95. The first-order valence-electron chi connectivity index (χ1n) is 10.7. The highest BCUT2D eigenvalue weighted by Crippen LogP contribution is 2.33. The van der Waals surface area contributed by atoms with Gasteiger partial charge in [0.05, 0.1) is 31.5 Å². The second kappa shape index (κ2) is 11.8. The molecule has 1 amide bonds. The predicted octanol–water partition coefficient (Wildman–Crippen LogP) is 2.29. The molecule has 0 aromatic heterocycles. The van der Waals surface area contributed by atoms with Crippen LogP contribution in [0.15, 0.2) is 58.8 Å². The van der Waals surface area contributed by atoms with Gasteiger partial charge in [-0.2, -0.15) is 5.10 Å². The number of nitrogens with zero attached hydrogens (tertiary/aromatic N) is 1. The van der Waals surface area contributed by atoms with E-state index in [9.17, 15) is 14.7 Å². The van der Waals surface area contributed by atoms with Crippen LogP contribution in [-0.2, 0) is 14.3 Å². The monoisotopic (exact) mass is 498 g/mol. The summed E-state index contributed by atoms with van der Waals surface area (Å²) in [5, 5.41) is 20.1. The molecule has 1 atom stereocenters. The van der Waals surface area contributed by atoms with E-state index in [4.69, 9.17) is 26.4 Å². The summed E-state index contributed by atoms with van der Waals surface area (Å²) in [5.74, 6) is -0.300. The number of ether oxygens (including phenoxy) is 3. The molecule has 35 heavy (non-hydrogen) atoms. The summed E-state index contributed by atoms with van der Waals surface area (Å²) in [6.45, 7) is 3.37. The number of hydrazone groups is 1. The fourth-order valence-electron chi connectivity index (χ4n) is 3.40. The van der Waals surface area contributed by atoms with Crippen molar-refractivity contribution in [2.24, 2.45) is 5.10 Å². The van der Waals surface area contributed by atoms with Gasteiger partial charge in [0.2, 0.25) is 0 Å². The van der Waals surface area contributed by atoms with Crippen molar-refractivity contribution >= 4 is 35.4 Å². The van der Waals surface area contributed by atoms with Crippen molar-refractivity contribution in [3.8, 4) is 17.2 Å². The van der Waals surface area contributed by atoms with Crippen LogP contribution in [0.5, 0.6) is 17.2 Å². The number of aromatic hydroxyl groups is 1. The average Bonchev–Trinajstić information content (AvgIpc) is 2.82. The molecule has 3 rings (SSSR count). The van der Waals surface area contributed by atoms with E-state index in [1.807, 2.05) is 0 Å². The Labute approximate surface area is 208 Å². The summed E-state index contributed by atoms with van der Waals surface area (Å²) in [6, 6.07) is 11.1. The van der Waals surface area contributed by atoms with Crippen molar-refractivity contribution in [2.75, 3.05) is 20.3 Å². The topological polar surface area (TPSA) is 131 Å². The molecule has 1 aliphatic rings. The standard InChI is InChI=1S/C24H26N4O6S/c1-4-33-23(31)21-14(2)26-24(35)27-22(21)16-7-5-6-8-18(16)34-13-20(30)28-25-12-15-9-10-19(32-3)17(29)11-15/h5-12,22,29H,4,13H2,1-3H3,(H,28,30)(H2,26,27,35)/t22-/m1/s1. The molecule has 10 nitrogen and oxygen atoms in total. The third-order valence-corrected chi connectivity index (χ3v) is 5.18. The molecular weight excluding hydrogens is 472 g/mol. The van der Waals surface area contributed by atoms with Crippen LogP contribution in [-0.4, -0.2) is 48.6 Å². The normalized spacial score (nSPS) is 15.3. The van der Waals surface area contributed by atoms with Crippen LogP contribution in [0.3, 0.4) is 0 Å². The maximum absolute atomic E-state index is 12.6. The van der Waals surface area contributed by atoms with Crippen molar-refractivity contribution < 1.29 is 28.9 Å². The van der Waals surface area contributed by atoms with Gasteiger partial charge in [-0.05, 0) is 55.9 Å². The second-order valence-electron chi connectivity index (χ2n) is 7.34. The first kappa shape index (κ1) is 25.5. The SMILES string of the molecule is CCOC(=O)C1=C(C)NC(=S)N[C@@H]1c1ccccc1OCC(=O)NN=Cc1ccc(OC)c(O)c1. The molecule has 2 aromatic rings. The van der Waals surface area contributed by atoms with Crippen LogP contribution in [0.4, 0.5) is 0 Å². The number of nitrogens with one attached hydrogen (secondary N) is 3. The predicted molar refractivity (Wildman–Crippen MR) is 133 cm³/mol. The number of phenols is 1. The Balaban J connectivity index is 1.69. The lowest BCUT2D eigenvalue weighted by molar-refractivity contribution is -0.139. The van der Waals surface area contributed by atoms with Crippen molar-refractivity contribution in [3.05, 3.63) is 64.9 Å². The number of carbonyl (C=O) groups excluding carboxylic acids is 2. The van der Waals surface area contributed by atoms with E-state index in [0.717, 1.165) is 0 Å². The summed E-state index contributed by atoms with van der Waals surface area (Å²) in [4.78, 5) is 24.9. The zero-order valence-electron chi connectivity index (χ0n) is 19.5. The van der Waals surface area contributed by atoms with Gasteiger partial charge >= 0.3 is 5.97 Å². The maximum Gasteiger partial charge on any atom is 0.338 e. The van der Waals surface area contributed by atoms with E-state index >= 15 is 0 Å². The number of amides is 1. The molecule has 0 radical (unpaired) electrons. The van der Waals surface area contributed by atoms with Gasteiger partial charge in [-0.25, -0.2) is 10.2 Å². The Hall–Kier alpha value is -4.12. The Morgan fingerprint density at radius 1 is 1.23 bits per heavy atom. The minimum Gasteiger partial charge on any atom is -0.504 e. The van der Waals surface area contributed by atoms with Crippen molar-refractivity contribution in [2.45, 2.75) is 19.9 Å². The fourth-order valence-corrected chi connectivity index (χ4v) is 3.67. The highest BCUT2D eigenvalue weighted by Gasteiger charge is 2.32. The molecular formula is C24H26N4O6S. The van der Waals surface area contributed by atoms with Gasteiger partial charge in [0.25, 0.3) is 5.91 Å². The molecule has 1 aliphatic heterocycles. The third-order valence-electron chi connectivity index (χ3n) is 4.96. The van der Waals surface area contributed by atoms with Crippen molar-refractivity contribution in [3.63, 3.8) is 0 Å². The van der Waals surface area contributed by atoms with Gasteiger partial charge in [-0.1, -0.05) is 18.2 Å². The summed E-state index contributed by atoms with van der Waals surface area (Å²) < 4.78 is 15.9. The lowest BCUT2D eigenvalue weighted by Crippen LogP contribution is -2.45. The van der Waals surface area contributed by atoms with Gasteiger partial charge in [-0.3, -0.25) is 4.79 Å². The second-order valence-corrected chi connectivity index (χ2v) is 7.75. The molecule has 4 N–H and O–H groups in total. The van der Waals surface area contributed by atoms with E-state index in [1.165, 1.54) is 19.4 Å². The molecule has 0 saturated carbocycles. The van der Waals surface area contributed by atoms with E-state index < -0.39 is 17.9 Å². The van der Waals surface area contributed by atoms with Crippen LogP contribution in [0.2, 0.25) is 0 Å². The van der Waals surface area contributed by atoms with Gasteiger partial charge in [0.1, 0.15) is 5.75 Å². The van der Waals surface area contributed by atoms with Gasteiger partial charge in [0, 0.05) is 11.3 Å². The molecule has 1 heterocycles. The number of phenolic OH excluding ortho intramolecular Hbond substituents is 1. The Morgan fingerprint density at radius 3 is 2.71 bits per heavy atom. The quantitative estimate of drug-likeness (QED) is 0.178. The first-order chi connectivity index (χ1) is 16.8. The minimum atomic E-state index is -0.622. The van der Waals surface area contributed by atoms with Gasteiger partial charge < -0.3 is 30.0 Å². The van der Waals surface area contributed by atoms with E-state index in [1.54, 1.807) is 50.2 Å². The highest BCUT2D eigenvalue weighted by atomic mass is 32.1. The molecule has 0 aliphatic carbocycles. The number of hydrogen-bond acceptors (Lipinski definition) is 8. The number of esters is 1. The Morgan fingerprint density at radius 2 is 2.00 bits per heavy atom. The molecule has 2 aromatic carbocycles. The van der Waals surface area contributed by atoms with E-state index in [0.29, 0.717) is 39.0 Å². The fraction of sp³-hybridized carbons (Fsp3) is 0.250. The van der Waals surface area contributed by atoms with Gasteiger partial charge in [-0.15, -0.1) is 0 Å². The lowest BCUT2D eigenvalue weighted by Gasteiger charge is -2.30. The highest BCUT2D eigenvalue weighted by molar-refractivity contribution is 7.80. The molecule has 0 fully saturated rings. The molecule has 0 saturated heterocycles. The number of methoxy groups -OCH3 is 1. The first-order valence-corrected chi connectivity index (χ1v) is 11.1. The minimum absolute atomic E-state index is 0.0415. The largest absolute Gasteiger partial charge is 0.504 e. The molecule has 0 bridgehead atoms. The van der Waals surface area contributed by atoms with Crippen LogP contribution in [0.1, 0.15) is 31.0 Å². The Bertz CT molecular complexity index is 1180. The van der Waals surface area contributed by atoms with Gasteiger partial charge in [0.15, 0.2) is 23.2 Å². The zero-order valence-corrected chi connectivity index (χ0v) is 20.3. The smallest absolute Gasteiger partial charge is 0.338 e. The number of rotatable bonds is 9. The number of benzene rings is 2. The molecule has 184 valence electrons. The maximum atomic E-state index is 12.6. The van der Waals surface area contributed by atoms with Crippen molar-refractivity contribution in [1.29, 1.82) is 0 Å². The number of carbonyl (C=O) groups is 2. The van der Waals surface area contributed by atoms with E-state index in [2.05, 4.69) is 21.2 Å². The third kappa shape index (κ3) is 6.48. The summed E-state index contributed by atoms with van der Waals surface area (Å²) in [5.41, 5.74) is 4.49. The zero-order chi connectivity index (χ0) is 25.4. The van der Waals surface area contributed by atoms with Crippen LogP contribution in [0, 0.1) is 0 Å². The van der Waals surface area contributed by atoms with Crippen LogP contribution in [0.25, 0.3) is 0 Å². The van der Waals surface area contributed by atoms with E-state index in [-0.39, 0.29) is 19.0 Å². The summed E-state index contributed by atoms with van der Waals surface area (Å²) in [6.07, 6.45) is 1.38. The van der Waals surface area contributed by atoms with Crippen LogP contribution < -0.4 is 25.5 Å². The summed E-state index contributed by atoms with van der Waals surface area (Å²) in [7, 11) is 1.45. The number of allylic oxidation sites excluding steroid dienone is 1. The molecule has 11 heteroatoms. The average molecular weight is 499 g/mol. The summed E-state index contributed by atoms with van der Waals surface area (Å²) >= 11 is 5.27. The molecule has 0 unspecified atom stereocenters. The molecule has 0 spiro atoms. The number of hydrogen-bond donors (Lipinski definition) is 4. The number of para-hydroxylation sites is 1. The van der Waals surface area contributed by atoms with Crippen molar-refractivity contribution in [1.82, 2.24) is 16.1 Å². The number of thiocarbonyl (C=S) groups is 1.